The number of hydrogen-bond acceptors (Lipinski definition) is 6. The molecular weight excluding hydrogens is 433 g/mol. The number of likely N-dealkylation sites (tertiary alicyclic amines) is 1. The lowest BCUT2D eigenvalue weighted by molar-refractivity contribution is -0.134. The smallest absolute Gasteiger partial charge is 0.142 e. The van der Waals surface area contributed by atoms with Crippen molar-refractivity contribution in [3.05, 3.63) is 0 Å². The molecule has 34 heavy (non-hydrogen) atoms. The maximum Gasteiger partial charge on any atom is 0.142 e. The molecule has 5 fully saturated rings. The van der Waals surface area contributed by atoms with Crippen LogP contribution in [-0.2, 0) is 14.5 Å². The molecule has 1 saturated heterocycles. The van der Waals surface area contributed by atoms with Crippen molar-refractivity contribution in [3.63, 3.8) is 0 Å². The summed E-state index contributed by atoms with van der Waals surface area (Å²) in [5.74, 6) is 0.755. The molecule has 0 aromatic rings. The fourth-order valence-electron chi connectivity index (χ4n) is 8.45. The van der Waals surface area contributed by atoms with Gasteiger partial charge < -0.3 is 9.68 Å². The minimum Gasteiger partial charge on any atom is -0.399 e. The molecule has 7 atom stereocenters. The van der Waals surface area contributed by atoms with Gasteiger partial charge in [0.1, 0.15) is 25.7 Å². The van der Waals surface area contributed by atoms with Gasteiger partial charge >= 0.3 is 0 Å². The van der Waals surface area contributed by atoms with Gasteiger partial charge in [-0.2, -0.15) is 0 Å². The van der Waals surface area contributed by atoms with E-state index in [1.165, 1.54) is 32.4 Å². The van der Waals surface area contributed by atoms with Gasteiger partial charge in [-0.25, -0.2) is 4.39 Å². The summed E-state index contributed by atoms with van der Waals surface area (Å²) in [6, 6.07) is 0. The van der Waals surface area contributed by atoms with E-state index in [1.54, 1.807) is 7.11 Å². The van der Waals surface area contributed by atoms with E-state index >= 15 is 4.39 Å². The van der Waals surface area contributed by atoms with Crippen LogP contribution in [0.2, 0.25) is 0 Å². The summed E-state index contributed by atoms with van der Waals surface area (Å²) in [6.45, 7) is 8.32. The van der Waals surface area contributed by atoms with Crippen LogP contribution in [0.3, 0.4) is 0 Å². The SMILES string of the molecule is CON=C1CC2C(CC[C@]3(C)C(=O)CC(F)C23)[C@@]2(C)CCC(=NOCCN3CCCCC3)CC12. The summed E-state index contributed by atoms with van der Waals surface area (Å²) in [6.07, 6.45) is 8.29. The molecule has 0 bridgehead atoms. The highest BCUT2D eigenvalue weighted by Crippen LogP contribution is 2.65. The highest BCUT2D eigenvalue weighted by molar-refractivity contribution is 5.96. The van der Waals surface area contributed by atoms with E-state index in [0.29, 0.717) is 12.5 Å². The van der Waals surface area contributed by atoms with Crippen LogP contribution in [0.1, 0.15) is 78.1 Å². The van der Waals surface area contributed by atoms with Crippen molar-refractivity contribution in [1.82, 2.24) is 4.90 Å². The number of fused-ring (bicyclic) bond motifs is 5. The first-order chi connectivity index (χ1) is 16.4. The van der Waals surface area contributed by atoms with Gasteiger partial charge in [-0.3, -0.25) is 9.69 Å². The highest BCUT2D eigenvalue weighted by atomic mass is 19.1. The van der Waals surface area contributed by atoms with Crippen molar-refractivity contribution in [3.8, 4) is 0 Å². The number of alkyl halides is 1. The molecule has 4 saturated carbocycles. The van der Waals surface area contributed by atoms with Crippen molar-refractivity contribution < 1.29 is 18.9 Å². The molecule has 5 rings (SSSR count). The van der Waals surface area contributed by atoms with E-state index in [9.17, 15) is 4.79 Å². The summed E-state index contributed by atoms with van der Waals surface area (Å²) in [5, 5.41) is 9.05. The van der Waals surface area contributed by atoms with E-state index < -0.39 is 11.6 Å². The molecule has 5 aliphatic rings. The second-order valence-corrected chi connectivity index (χ2v) is 12.0. The Balaban J connectivity index is 1.30. The third kappa shape index (κ3) is 4.10. The zero-order valence-corrected chi connectivity index (χ0v) is 21.2. The minimum atomic E-state index is -1.02. The molecule has 190 valence electrons. The third-order valence-electron chi connectivity index (χ3n) is 10.3. The normalized spacial score (nSPS) is 45.1. The topological polar surface area (TPSA) is 63.5 Å². The maximum absolute atomic E-state index is 15.2. The van der Waals surface area contributed by atoms with Gasteiger partial charge in [0.2, 0.25) is 0 Å². The molecule has 6 nitrogen and oxygen atoms in total. The molecule has 5 unspecified atom stereocenters. The van der Waals surface area contributed by atoms with Crippen LogP contribution in [0.15, 0.2) is 10.3 Å². The molecule has 0 radical (unpaired) electrons. The van der Waals surface area contributed by atoms with Gasteiger partial charge in [-0.15, -0.1) is 0 Å². The van der Waals surface area contributed by atoms with Crippen LogP contribution < -0.4 is 0 Å². The lowest BCUT2D eigenvalue weighted by atomic mass is 9.44. The van der Waals surface area contributed by atoms with Crippen LogP contribution in [0.25, 0.3) is 0 Å². The Morgan fingerprint density at radius 3 is 2.65 bits per heavy atom. The number of oxime groups is 2. The second-order valence-electron chi connectivity index (χ2n) is 12.0. The molecule has 1 heterocycles. The fourth-order valence-corrected chi connectivity index (χ4v) is 8.45. The zero-order chi connectivity index (χ0) is 23.9. The largest absolute Gasteiger partial charge is 0.399 e. The third-order valence-corrected chi connectivity index (χ3v) is 10.3. The number of halogens is 1. The van der Waals surface area contributed by atoms with Crippen molar-refractivity contribution in [2.45, 2.75) is 84.2 Å². The van der Waals surface area contributed by atoms with Crippen LogP contribution in [0.5, 0.6) is 0 Å². The number of Topliss-reactive ketones (excluding diaryl/α,β-unsaturated/α-hetero) is 1. The number of nitrogens with zero attached hydrogens (tertiary/aromatic N) is 3. The zero-order valence-electron chi connectivity index (χ0n) is 21.2. The summed E-state index contributed by atoms with van der Waals surface area (Å²) in [4.78, 5) is 26.3. The van der Waals surface area contributed by atoms with Crippen molar-refractivity contribution >= 4 is 17.2 Å². The fraction of sp³-hybridized carbons (Fsp3) is 0.889. The lowest BCUT2D eigenvalue weighted by Gasteiger charge is -2.59. The Kier molecular flexibility index (Phi) is 6.77. The van der Waals surface area contributed by atoms with Gasteiger partial charge in [0.15, 0.2) is 0 Å². The van der Waals surface area contributed by atoms with Gasteiger partial charge in [-0.05, 0) is 81.7 Å². The molecular formula is C27H42FN3O3. The van der Waals surface area contributed by atoms with Crippen molar-refractivity contribution in [2.75, 3.05) is 33.4 Å². The van der Waals surface area contributed by atoms with Gasteiger partial charge in [0.05, 0.1) is 11.4 Å². The summed E-state index contributed by atoms with van der Waals surface area (Å²) in [7, 11) is 1.60. The Hall–Kier alpha value is -1.50. The standard InChI is InChI=1S/C27H42FN3O3/c1-26-9-7-18(29-34-14-13-31-11-5-4-6-12-31)15-21(26)23(30-33-3)16-19-20(26)8-10-27(2)24(32)17-22(28)25(19)27/h19-22,25H,4-17H2,1-3H3/t19?,20?,21?,22?,25?,26-,27-/m1/s1. The van der Waals surface area contributed by atoms with Gasteiger partial charge in [-0.1, -0.05) is 30.6 Å². The van der Waals surface area contributed by atoms with Crippen molar-refractivity contribution in [2.24, 2.45) is 44.8 Å². The Morgan fingerprint density at radius 2 is 1.88 bits per heavy atom. The number of ketones is 1. The number of carbonyl (C=O) groups is 1. The Labute approximate surface area is 203 Å². The first-order valence-corrected chi connectivity index (χ1v) is 13.5. The Bertz CT molecular complexity index is 841. The van der Waals surface area contributed by atoms with E-state index in [4.69, 9.17) is 9.68 Å². The summed E-state index contributed by atoms with van der Waals surface area (Å²) in [5.41, 5.74) is 1.66. The number of rotatable bonds is 5. The van der Waals surface area contributed by atoms with E-state index in [1.807, 2.05) is 6.92 Å². The predicted octanol–water partition coefficient (Wildman–Crippen LogP) is 5.02. The predicted molar refractivity (Wildman–Crippen MR) is 131 cm³/mol. The molecule has 0 amide bonds. The van der Waals surface area contributed by atoms with Gasteiger partial charge in [0, 0.05) is 30.2 Å². The van der Waals surface area contributed by atoms with Crippen molar-refractivity contribution in [1.29, 1.82) is 0 Å². The lowest BCUT2D eigenvalue weighted by Crippen LogP contribution is -2.57. The Morgan fingerprint density at radius 1 is 1.09 bits per heavy atom. The molecule has 0 N–H and O–H groups in total. The molecule has 0 aromatic heterocycles. The average Bonchev–Trinajstić information content (AvgIpc) is 3.06. The number of hydrogen-bond donors (Lipinski definition) is 0. The van der Waals surface area contributed by atoms with Gasteiger partial charge in [0.25, 0.3) is 0 Å². The number of piperidine rings is 1. The molecule has 0 aromatic carbocycles. The van der Waals surface area contributed by atoms with E-state index in [2.05, 4.69) is 22.1 Å². The minimum absolute atomic E-state index is 0.0276. The second kappa shape index (κ2) is 9.51. The molecule has 1 aliphatic heterocycles. The van der Waals surface area contributed by atoms with E-state index in [0.717, 1.165) is 56.5 Å². The maximum atomic E-state index is 15.2. The van der Waals surface area contributed by atoms with Crippen LogP contribution in [-0.4, -0.2) is 61.6 Å². The van der Waals surface area contributed by atoms with Crippen LogP contribution in [0.4, 0.5) is 4.39 Å². The van der Waals surface area contributed by atoms with Crippen LogP contribution >= 0.6 is 0 Å². The molecule has 7 heteroatoms. The molecule has 0 spiro atoms. The molecule has 4 aliphatic carbocycles. The monoisotopic (exact) mass is 475 g/mol. The highest BCUT2D eigenvalue weighted by Gasteiger charge is 2.64. The number of carbonyl (C=O) groups excluding carboxylic acids is 1. The van der Waals surface area contributed by atoms with Crippen LogP contribution in [0, 0.1) is 34.5 Å². The first-order valence-electron chi connectivity index (χ1n) is 13.5. The average molecular weight is 476 g/mol. The quantitative estimate of drug-likeness (QED) is 0.414. The first kappa shape index (κ1) is 24.2. The summed E-state index contributed by atoms with van der Waals surface area (Å²) < 4.78 is 15.2. The van der Waals surface area contributed by atoms with E-state index in [-0.39, 0.29) is 35.4 Å². The summed E-state index contributed by atoms with van der Waals surface area (Å²) >= 11 is 0.